The summed E-state index contributed by atoms with van der Waals surface area (Å²) < 4.78 is 0. The molecule has 0 spiro atoms. The molecule has 1 heterocycles. The van der Waals surface area contributed by atoms with Crippen LogP contribution in [0.15, 0.2) is 0 Å². The van der Waals surface area contributed by atoms with Gasteiger partial charge in [-0.15, -0.1) is 0 Å². The second-order valence-electron chi connectivity index (χ2n) is 1.90. The number of amides is 5. The first kappa shape index (κ1) is 15.5. The van der Waals surface area contributed by atoms with Crippen molar-refractivity contribution in [1.82, 2.24) is 16.0 Å². The van der Waals surface area contributed by atoms with Gasteiger partial charge >= 0.3 is 27.4 Å². The molecule has 0 radical (unpaired) electrons. The number of carbonyl (C=O) groups excluding carboxylic acids is 3. The summed E-state index contributed by atoms with van der Waals surface area (Å²) >= 11 is 0.778. The van der Waals surface area contributed by atoms with Crippen molar-refractivity contribution < 1.29 is 19.9 Å². The number of nitrogens with two attached hydrogens (primary N) is 1. The Morgan fingerprint density at radius 1 is 1.50 bits per heavy atom. The van der Waals surface area contributed by atoms with Gasteiger partial charge in [0.2, 0.25) is 0 Å². The maximum absolute atomic E-state index is 10.7. The number of hydrogen-bond donors (Lipinski definition) is 4. The Hall–Kier alpha value is -1.01. The first-order valence-electron chi connectivity index (χ1n) is 3.15. The van der Waals surface area contributed by atoms with E-state index in [1.165, 1.54) is 0 Å². The zero-order valence-corrected chi connectivity index (χ0v) is 10.0. The number of carbonyl (C=O) groups is 3. The van der Waals surface area contributed by atoms with Crippen molar-refractivity contribution in [3.8, 4) is 0 Å². The minimum Gasteiger partial charge on any atom is -0.412 e. The van der Waals surface area contributed by atoms with Gasteiger partial charge in [-0.05, 0) is 0 Å². The van der Waals surface area contributed by atoms with Crippen LogP contribution in [0.5, 0.6) is 0 Å². The monoisotopic (exact) mass is 240 g/mol. The van der Waals surface area contributed by atoms with E-state index in [1.807, 2.05) is 10.6 Å². The van der Waals surface area contributed by atoms with Crippen LogP contribution in [0.2, 0.25) is 0 Å². The molecular formula is C4H10AlClN4O4. The van der Waals surface area contributed by atoms with Gasteiger partial charge in [0.25, 0.3) is 5.91 Å². The summed E-state index contributed by atoms with van der Waals surface area (Å²) in [5.41, 5.74) is 4.70. The topological polar surface area (TPSA) is 145 Å². The minimum atomic E-state index is -1.04. The largest absolute Gasteiger partial charge is 0.412 e. The van der Waals surface area contributed by atoms with Crippen LogP contribution in [0.3, 0.4) is 0 Å². The van der Waals surface area contributed by atoms with Crippen LogP contribution in [-0.4, -0.2) is 45.0 Å². The fourth-order valence-electron chi connectivity index (χ4n) is 0.661. The Labute approximate surface area is 91.5 Å². The fraction of sp³-hybridized carbons (Fsp3) is 0.250. The second kappa shape index (κ2) is 7.40. The molecule has 0 aliphatic carbocycles. The molecule has 0 aromatic rings. The summed E-state index contributed by atoms with van der Waals surface area (Å²) in [4.78, 5) is 31.3. The molecule has 1 unspecified atom stereocenters. The Balaban J connectivity index is 0. The van der Waals surface area contributed by atoms with Crippen LogP contribution in [0.4, 0.5) is 9.59 Å². The van der Waals surface area contributed by atoms with Gasteiger partial charge in [0.1, 0.15) is 0 Å². The van der Waals surface area contributed by atoms with E-state index in [-0.39, 0.29) is 5.48 Å². The summed E-state index contributed by atoms with van der Waals surface area (Å²) in [6.07, 6.45) is -1.04. The maximum atomic E-state index is 10.7. The Morgan fingerprint density at radius 2 is 2.00 bits per heavy atom. The number of halogens is 1. The number of rotatable bonds is 1. The SMILES string of the molecule is NC(=O)NC1NC(=O)NC1=O.O.[AlH2][Cl]. The van der Waals surface area contributed by atoms with Gasteiger partial charge in [0.05, 0.1) is 0 Å². The molecule has 1 fully saturated rings. The van der Waals surface area contributed by atoms with E-state index >= 15 is 0 Å². The van der Waals surface area contributed by atoms with E-state index in [9.17, 15) is 14.4 Å². The number of hydrogen-bond acceptors (Lipinski definition) is 3. The molecule has 1 rings (SSSR count). The van der Waals surface area contributed by atoms with E-state index in [2.05, 4.69) is 5.32 Å². The highest BCUT2D eigenvalue weighted by atomic mass is 35.6. The fourth-order valence-corrected chi connectivity index (χ4v) is 0.661. The zero-order valence-electron chi connectivity index (χ0n) is 7.26. The quantitative estimate of drug-likeness (QED) is 0.282. The Morgan fingerprint density at radius 3 is 2.29 bits per heavy atom. The predicted octanol–water partition coefficient (Wildman–Crippen LogP) is -3.23. The molecule has 1 aliphatic rings. The highest BCUT2D eigenvalue weighted by molar-refractivity contribution is 6.80. The zero-order chi connectivity index (χ0) is 10.4. The first-order valence-corrected chi connectivity index (χ1v) is 6.17. The van der Waals surface area contributed by atoms with Crippen molar-refractivity contribution in [2.75, 3.05) is 0 Å². The summed E-state index contributed by atoms with van der Waals surface area (Å²) in [6, 6.07) is -1.51. The Bertz CT molecular complexity index is 237. The molecule has 5 amide bonds. The third kappa shape index (κ3) is 4.88. The van der Waals surface area contributed by atoms with Gasteiger partial charge in [0.15, 0.2) is 6.17 Å². The van der Waals surface area contributed by atoms with Gasteiger partial charge < -0.3 is 21.8 Å². The summed E-state index contributed by atoms with van der Waals surface area (Å²) in [5.74, 6) is -0.617. The summed E-state index contributed by atoms with van der Waals surface area (Å²) in [7, 11) is 4.78. The number of nitrogens with one attached hydrogen (secondary N) is 3. The van der Waals surface area contributed by atoms with Gasteiger partial charge in [-0.1, -0.05) is 0 Å². The normalized spacial score (nSPS) is 17.9. The Kier molecular flexibility index (Phi) is 8.18. The van der Waals surface area contributed by atoms with Crippen LogP contribution in [-0.2, 0) is 4.79 Å². The maximum Gasteiger partial charge on any atom is 0.353 e. The molecule has 0 aromatic heterocycles. The lowest BCUT2D eigenvalue weighted by Gasteiger charge is -2.05. The van der Waals surface area contributed by atoms with Gasteiger partial charge in [-0.3, -0.25) is 20.2 Å². The van der Waals surface area contributed by atoms with E-state index < -0.39 is 24.1 Å². The summed E-state index contributed by atoms with van der Waals surface area (Å²) in [6.45, 7) is 0. The van der Waals surface area contributed by atoms with Crippen molar-refractivity contribution in [1.29, 1.82) is 0 Å². The van der Waals surface area contributed by atoms with Gasteiger partial charge in [-0.2, -0.15) is 0 Å². The average Bonchev–Trinajstić information content (AvgIpc) is 2.33. The minimum absolute atomic E-state index is 0. The lowest BCUT2D eigenvalue weighted by Crippen LogP contribution is -2.48. The van der Waals surface area contributed by atoms with Crippen molar-refractivity contribution in [3.05, 3.63) is 0 Å². The molecule has 0 aromatic carbocycles. The van der Waals surface area contributed by atoms with E-state index in [0.29, 0.717) is 0 Å². The van der Waals surface area contributed by atoms with Crippen molar-refractivity contribution in [2.45, 2.75) is 6.17 Å². The highest BCUT2D eigenvalue weighted by Crippen LogP contribution is 1.86. The molecule has 1 aliphatic heterocycles. The molecule has 0 bridgehead atoms. The van der Waals surface area contributed by atoms with Gasteiger partial charge in [0, 0.05) is 0 Å². The molecule has 8 nitrogen and oxygen atoms in total. The highest BCUT2D eigenvalue weighted by Gasteiger charge is 2.29. The standard InChI is InChI=1S/C4H6N4O3.Al.ClH.H2O.2H/c5-3(10)6-1-2(9)8-4(11)7-1;;;;;/h1H,(H3,5,6,10)(H2,7,8,9,11);;1H;1H2;;/q;+1;;;;/p-1. The summed E-state index contributed by atoms with van der Waals surface area (Å²) in [5, 5.41) is 6.05. The predicted molar refractivity (Wildman–Crippen MR) is 51.2 cm³/mol. The van der Waals surface area contributed by atoms with E-state index in [1.54, 1.807) is 0 Å². The molecule has 14 heavy (non-hydrogen) atoms. The lowest BCUT2D eigenvalue weighted by atomic mass is 10.5. The van der Waals surface area contributed by atoms with Crippen LogP contribution < -0.4 is 21.7 Å². The molecule has 80 valence electrons. The van der Waals surface area contributed by atoms with Crippen LogP contribution in [0.25, 0.3) is 0 Å². The number of imide groups is 1. The number of primary amides is 1. The molecule has 10 heteroatoms. The van der Waals surface area contributed by atoms with Crippen molar-refractivity contribution in [2.24, 2.45) is 5.73 Å². The molecule has 1 atom stereocenters. The lowest BCUT2D eigenvalue weighted by molar-refractivity contribution is -0.120. The molecule has 1 saturated heterocycles. The number of urea groups is 2. The van der Waals surface area contributed by atoms with E-state index in [4.69, 9.17) is 15.8 Å². The van der Waals surface area contributed by atoms with Gasteiger partial charge in [-0.25, -0.2) is 9.59 Å². The van der Waals surface area contributed by atoms with Crippen molar-refractivity contribution >= 4 is 43.4 Å². The third-order valence-electron chi connectivity index (χ3n) is 1.06. The van der Waals surface area contributed by atoms with Crippen LogP contribution >= 0.6 is 10.0 Å². The average molecular weight is 241 g/mol. The third-order valence-corrected chi connectivity index (χ3v) is 1.06. The van der Waals surface area contributed by atoms with Crippen LogP contribution in [0, 0.1) is 0 Å². The molecule has 7 N–H and O–H groups in total. The van der Waals surface area contributed by atoms with E-state index in [0.717, 1.165) is 15.4 Å². The molecule has 0 saturated carbocycles. The second-order valence-corrected chi connectivity index (χ2v) is 1.90. The van der Waals surface area contributed by atoms with Crippen LogP contribution in [0.1, 0.15) is 0 Å². The first-order chi connectivity index (χ1) is 6.09. The smallest absolute Gasteiger partial charge is 0.353 e. The molecular weight excluding hydrogens is 231 g/mol. The van der Waals surface area contributed by atoms with Crippen molar-refractivity contribution in [3.63, 3.8) is 0 Å².